The maximum absolute atomic E-state index is 13.4. The molecule has 2 aliphatic heterocycles. The molecule has 4 atom stereocenters. The fraction of sp³-hybridized carbons (Fsp3) is 0.667. The number of rotatable bonds is 2. The topological polar surface area (TPSA) is 82.6 Å². The van der Waals surface area contributed by atoms with Crippen LogP contribution < -0.4 is 11.2 Å². The van der Waals surface area contributed by atoms with E-state index in [-0.39, 0.29) is 12.2 Å². The molecule has 0 aliphatic carbocycles. The van der Waals surface area contributed by atoms with Crippen LogP contribution in [-0.4, -0.2) is 39.0 Å². The second-order valence-corrected chi connectivity index (χ2v) is 6.08. The zero-order valence-electron chi connectivity index (χ0n) is 11.3. The first kappa shape index (κ1) is 14.9. The molecule has 2 saturated heterocycles. The van der Waals surface area contributed by atoms with Gasteiger partial charge in [0.2, 0.25) is 5.82 Å². The molecule has 2 fully saturated rings. The molecule has 1 aromatic heterocycles. The average molecular weight is 365 g/mol. The lowest BCUT2D eigenvalue weighted by Gasteiger charge is -2.24. The molecule has 7 nitrogen and oxygen atoms in total. The number of hydrogen-bond acceptors (Lipinski definition) is 5. The number of ether oxygens (including phenoxy) is 3. The summed E-state index contributed by atoms with van der Waals surface area (Å²) in [7, 11) is 0. The van der Waals surface area contributed by atoms with E-state index in [1.807, 2.05) is 4.98 Å². The summed E-state index contributed by atoms with van der Waals surface area (Å²) in [6.45, 7) is 3.51. The van der Waals surface area contributed by atoms with Gasteiger partial charge >= 0.3 is 5.69 Å². The fourth-order valence-electron chi connectivity index (χ4n) is 2.66. The fourth-order valence-corrected chi connectivity index (χ4v) is 3.18. The zero-order chi connectivity index (χ0) is 15.4. The summed E-state index contributed by atoms with van der Waals surface area (Å²) >= 11 is 3.32. The maximum Gasteiger partial charge on any atom is 0.330 e. The SMILES string of the molecule is CC1(C)O[C@@H]2[C@H](O1)[C@@H](CBr)O[C@H]2n1cc(F)c(=O)[nH]c1=O. The van der Waals surface area contributed by atoms with E-state index in [1.165, 1.54) is 0 Å². The van der Waals surface area contributed by atoms with E-state index in [9.17, 15) is 14.0 Å². The number of nitrogens with zero attached hydrogens (tertiary/aromatic N) is 1. The quantitative estimate of drug-likeness (QED) is 0.772. The molecule has 0 amide bonds. The number of aromatic amines is 1. The highest BCUT2D eigenvalue weighted by Gasteiger charge is 2.55. The van der Waals surface area contributed by atoms with E-state index in [2.05, 4.69) is 15.9 Å². The van der Waals surface area contributed by atoms with E-state index in [4.69, 9.17) is 14.2 Å². The van der Waals surface area contributed by atoms with Crippen molar-refractivity contribution in [2.24, 2.45) is 0 Å². The van der Waals surface area contributed by atoms with Gasteiger partial charge in [0.1, 0.15) is 12.2 Å². The van der Waals surface area contributed by atoms with Gasteiger partial charge in [-0.05, 0) is 13.8 Å². The Labute approximate surface area is 127 Å². The number of nitrogens with one attached hydrogen (secondary N) is 1. The molecule has 1 N–H and O–H groups in total. The smallest absolute Gasteiger partial charge is 0.330 e. The lowest BCUT2D eigenvalue weighted by Crippen LogP contribution is -2.38. The Morgan fingerprint density at radius 3 is 2.71 bits per heavy atom. The second kappa shape index (κ2) is 5.01. The van der Waals surface area contributed by atoms with Gasteiger partial charge in [0.25, 0.3) is 5.56 Å². The molecule has 21 heavy (non-hydrogen) atoms. The predicted molar refractivity (Wildman–Crippen MR) is 72.8 cm³/mol. The third-order valence-corrected chi connectivity index (χ3v) is 4.11. The number of fused-ring (bicyclic) bond motifs is 1. The maximum atomic E-state index is 13.4. The molecule has 0 radical (unpaired) electrons. The monoisotopic (exact) mass is 364 g/mol. The van der Waals surface area contributed by atoms with Crippen LogP contribution in [0, 0.1) is 5.82 Å². The minimum absolute atomic E-state index is 0.344. The van der Waals surface area contributed by atoms with Gasteiger partial charge in [-0.25, -0.2) is 4.79 Å². The highest BCUT2D eigenvalue weighted by Crippen LogP contribution is 2.42. The Balaban J connectivity index is 2.01. The molecule has 0 saturated carbocycles. The second-order valence-electron chi connectivity index (χ2n) is 5.43. The van der Waals surface area contributed by atoms with Gasteiger partial charge in [-0.15, -0.1) is 0 Å². The summed E-state index contributed by atoms with van der Waals surface area (Å²) in [6, 6.07) is 0. The van der Waals surface area contributed by atoms with E-state index in [0.717, 1.165) is 10.8 Å². The number of alkyl halides is 1. The zero-order valence-corrected chi connectivity index (χ0v) is 12.9. The Morgan fingerprint density at radius 2 is 2.05 bits per heavy atom. The molecule has 1 aromatic rings. The molecule has 9 heteroatoms. The highest BCUT2D eigenvalue weighted by molar-refractivity contribution is 9.09. The van der Waals surface area contributed by atoms with Gasteiger partial charge in [0.15, 0.2) is 12.0 Å². The van der Waals surface area contributed by atoms with Crippen molar-refractivity contribution in [2.45, 2.75) is 44.2 Å². The largest absolute Gasteiger partial charge is 0.348 e. The minimum atomic E-state index is -1.06. The number of H-pyrrole nitrogens is 1. The van der Waals surface area contributed by atoms with Gasteiger partial charge in [-0.2, -0.15) is 4.39 Å². The van der Waals surface area contributed by atoms with Crippen molar-refractivity contribution < 1.29 is 18.6 Å². The van der Waals surface area contributed by atoms with Crippen LogP contribution in [-0.2, 0) is 14.2 Å². The molecule has 0 spiro atoms. The summed E-state index contributed by atoms with van der Waals surface area (Å²) in [4.78, 5) is 24.9. The Morgan fingerprint density at radius 1 is 1.38 bits per heavy atom. The summed E-state index contributed by atoms with van der Waals surface area (Å²) in [6.07, 6.45) is -1.33. The lowest BCUT2D eigenvalue weighted by molar-refractivity contribution is -0.194. The van der Waals surface area contributed by atoms with Crippen molar-refractivity contribution in [3.8, 4) is 0 Å². The minimum Gasteiger partial charge on any atom is -0.348 e. The van der Waals surface area contributed by atoms with Crippen molar-refractivity contribution >= 4 is 15.9 Å². The molecule has 0 unspecified atom stereocenters. The van der Waals surface area contributed by atoms with Crippen LogP contribution in [0.15, 0.2) is 15.8 Å². The van der Waals surface area contributed by atoms with Gasteiger partial charge < -0.3 is 14.2 Å². The van der Waals surface area contributed by atoms with Crippen LogP contribution in [0.1, 0.15) is 20.1 Å². The van der Waals surface area contributed by atoms with E-state index in [1.54, 1.807) is 13.8 Å². The van der Waals surface area contributed by atoms with Gasteiger partial charge in [0, 0.05) is 5.33 Å². The molecular formula is C12H14BrFN2O5. The standard InChI is InChI=1S/C12H14BrFN2O5/c1-12(2)20-7-6(3-13)19-10(8(7)21-12)16-4-5(14)9(17)15-11(16)18/h4,6-8,10H,3H2,1-2H3,(H,15,17,18)/t6-,7-,8-,10-/m1/s1. The Bertz CT molecular complexity index is 672. The molecule has 2 aliphatic rings. The normalized spacial score (nSPS) is 34.1. The number of aromatic nitrogens is 2. The van der Waals surface area contributed by atoms with Gasteiger partial charge in [0.05, 0.1) is 12.3 Å². The van der Waals surface area contributed by atoms with E-state index in [0.29, 0.717) is 5.33 Å². The average Bonchev–Trinajstić information content (AvgIpc) is 2.87. The van der Waals surface area contributed by atoms with Crippen LogP contribution in [0.3, 0.4) is 0 Å². The van der Waals surface area contributed by atoms with Gasteiger partial charge in [-0.1, -0.05) is 15.9 Å². The summed E-state index contributed by atoms with van der Waals surface area (Å²) in [5, 5.41) is 0.477. The van der Waals surface area contributed by atoms with Crippen LogP contribution in [0.4, 0.5) is 4.39 Å². The van der Waals surface area contributed by atoms with Crippen LogP contribution >= 0.6 is 15.9 Å². The summed E-state index contributed by atoms with van der Waals surface area (Å²) < 4.78 is 31.7. The lowest BCUT2D eigenvalue weighted by atomic mass is 10.1. The Hall–Kier alpha value is -1.03. The van der Waals surface area contributed by atoms with Crippen LogP contribution in [0.25, 0.3) is 0 Å². The van der Waals surface area contributed by atoms with Crippen molar-refractivity contribution in [3.63, 3.8) is 0 Å². The summed E-state index contributed by atoms with van der Waals surface area (Å²) in [5.41, 5.74) is -1.82. The Kier molecular flexibility index (Phi) is 3.55. The first-order valence-corrected chi connectivity index (χ1v) is 7.52. The van der Waals surface area contributed by atoms with Crippen molar-refractivity contribution in [3.05, 3.63) is 32.9 Å². The number of halogens is 2. The predicted octanol–water partition coefficient (Wildman–Crippen LogP) is 0.488. The highest BCUT2D eigenvalue weighted by atomic mass is 79.9. The molecule has 3 heterocycles. The van der Waals surface area contributed by atoms with E-state index < -0.39 is 35.2 Å². The van der Waals surface area contributed by atoms with Crippen LogP contribution in [0.2, 0.25) is 0 Å². The first-order valence-electron chi connectivity index (χ1n) is 6.40. The van der Waals surface area contributed by atoms with Crippen molar-refractivity contribution in [1.29, 1.82) is 0 Å². The van der Waals surface area contributed by atoms with Crippen LogP contribution in [0.5, 0.6) is 0 Å². The van der Waals surface area contributed by atoms with Crippen molar-refractivity contribution in [1.82, 2.24) is 9.55 Å². The molecule has 116 valence electrons. The molecule has 0 aromatic carbocycles. The molecule has 0 bridgehead atoms. The van der Waals surface area contributed by atoms with E-state index >= 15 is 0 Å². The molecule has 3 rings (SSSR count). The van der Waals surface area contributed by atoms with Crippen molar-refractivity contribution in [2.75, 3.05) is 5.33 Å². The third-order valence-electron chi connectivity index (χ3n) is 3.48. The first-order chi connectivity index (χ1) is 9.82. The summed E-state index contributed by atoms with van der Waals surface area (Å²) in [5.74, 6) is -1.88. The third kappa shape index (κ3) is 2.48. The number of hydrogen-bond donors (Lipinski definition) is 1. The van der Waals surface area contributed by atoms with Gasteiger partial charge in [-0.3, -0.25) is 14.3 Å². The molecular weight excluding hydrogens is 351 g/mol.